The van der Waals surface area contributed by atoms with E-state index in [1.807, 2.05) is 0 Å². The highest BCUT2D eigenvalue weighted by Gasteiger charge is 2.19. The van der Waals surface area contributed by atoms with E-state index in [0.29, 0.717) is 39.8 Å². The van der Waals surface area contributed by atoms with E-state index >= 15 is 4.39 Å². The van der Waals surface area contributed by atoms with Gasteiger partial charge in [-0.2, -0.15) is 0 Å². The van der Waals surface area contributed by atoms with Crippen molar-refractivity contribution >= 4 is 43.8 Å². The van der Waals surface area contributed by atoms with Crippen molar-refractivity contribution < 1.29 is 22.3 Å². The van der Waals surface area contributed by atoms with E-state index in [1.165, 1.54) is 6.33 Å². The van der Waals surface area contributed by atoms with Crippen LogP contribution in [0.1, 0.15) is 19.0 Å². The fraction of sp³-hybridized carbons (Fsp3) is 0.174. The van der Waals surface area contributed by atoms with E-state index in [0.717, 1.165) is 12.1 Å². The molecule has 0 aliphatic rings. The Kier molecular flexibility index (Phi) is 6.76. The van der Waals surface area contributed by atoms with E-state index in [2.05, 4.69) is 25.0 Å². The highest BCUT2D eigenvalue weighted by molar-refractivity contribution is 7.92. The normalized spacial score (nSPS) is 11.5. The van der Waals surface area contributed by atoms with Crippen LogP contribution < -0.4 is 15.8 Å². The van der Waals surface area contributed by atoms with Gasteiger partial charge >= 0.3 is 0 Å². The van der Waals surface area contributed by atoms with Crippen molar-refractivity contribution in [3.05, 3.63) is 66.3 Å². The molecule has 0 unspecified atom stereocenters. The number of pyridine rings is 1. The van der Waals surface area contributed by atoms with Crippen molar-refractivity contribution in [3.8, 4) is 11.1 Å². The minimum absolute atomic E-state index is 0.108. The summed E-state index contributed by atoms with van der Waals surface area (Å²) in [6.45, 7) is 1.38. The van der Waals surface area contributed by atoms with Crippen LogP contribution in [-0.4, -0.2) is 34.2 Å². The Bertz CT molecular complexity index is 1520. The fourth-order valence-electron chi connectivity index (χ4n) is 3.49. The van der Waals surface area contributed by atoms with Gasteiger partial charge in [-0.3, -0.25) is 9.71 Å². The molecule has 9 nitrogen and oxygen atoms in total. The van der Waals surface area contributed by atoms with E-state index < -0.39 is 27.3 Å². The molecule has 0 saturated heterocycles. The number of hydrogen-bond acceptors (Lipinski definition) is 8. The van der Waals surface area contributed by atoms with E-state index in [4.69, 9.17) is 5.73 Å². The molecule has 35 heavy (non-hydrogen) atoms. The summed E-state index contributed by atoms with van der Waals surface area (Å²) in [5.41, 5.74) is 7.49. The van der Waals surface area contributed by atoms with Gasteiger partial charge in [-0.05, 0) is 42.3 Å². The van der Waals surface area contributed by atoms with Gasteiger partial charge in [0.25, 0.3) is 0 Å². The Labute approximate surface area is 200 Å². The maximum absolute atomic E-state index is 15.1. The van der Waals surface area contributed by atoms with Gasteiger partial charge in [-0.15, -0.1) is 0 Å². The molecule has 0 aliphatic heterocycles. The zero-order valence-electron chi connectivity index (χ0n) is 18.6. The fourth-order valence-corrected chi connectivity index (χ4v) is 4.62. The topological polar surface area (TPSA) is 143 Å². The molecule has 0 atom stereocenters. The smallest absolute Gasteiger partial charge is 0.232 e. The summed E-state index contributed by atoms with van der Waals surface area (Å²) in [6, 6.07) is 8.82. The van der Waals surface area contributed by atoms with Crippen LogP contribution in [0, 0.1) is 11.6 Å². The van der Waals surface area contributed by atoms with Crippen molar-refractivity contribution in [2.75, 3.05) is 21.5 Å². The van der Waals surface area contributed by atoms with Crippen molar-refractivity contribution in [1.82, 2.24) is 15.0 Å². The number of anilines is 4. The number of nitrogen functional groups attached to an aromatic ring is 1. The third-order valence-corrected chi connectivity index (χ3v) is 6.67. The number of sulfonamides is 1. The van der Waals surface area contributed by atoms with E-state index in [1.54, 1.807) is 37.4 Å². The van der Waals surface area contributed by atoms with Crippen LogP contribution in [0.15, 0.2) is 48.9 Å². The van der Waals surface area contributed by atoms with Gasteiger partial charge in [0, 0.05) is 17.1 Å². The molecule has 0 radical (unpaired) electrons. The Morgan fingerprint density at radius 3 is 2.57 bits per heavy atom. The average Bonchev–Trinajstić information content (AvgIpc) is 2.83. The predicted molar refractivity (Wildman–Crippen MR) is 130 cm³/mol. The molecule has 0 bridgehead atoms. The number of hydrogen-bond donors (Lipinski definition) is 4. The second-order valence-corrected chi connectivity index (χ2v) is 9.54. The number of halogens is 2. The molecule has 12 heteroatoms. The first-order valence-corrected chi connectivity index (χ1v) is 12.2. The number of aliphatic hydroxyl groups is 1. The van der Waals surface area contributed by atoms with Gasteiger partial charge < -0.3 is 16.2 Å². The second kappa shape index (κ2) is 9.76. The van der Waals surface area contributed by atoms with Gasteiger partial charge in [-0.1, -0.05) is 13.0 Å². The van der Waals surface area contributed by atoms with Gasteiger partial charge in [0.2, 0.25) is 10.0 Å². The molecule has 2 aromatic heterocycles. The lowest BCUT2D eigenvalue weighted by atomic mass is 10.0. The van der Waals surface area contributed by atoms with Crippen LogP contribution in [0.5, 0.6) is 0 Å². The second-order valence-electron chi connectivity index (χ2n) is 7.70. The van der Waals surface area contributed by atoms with Crippen LogP contribution in [0.4, 0.5) is 31.7 Å². The molecular weight excluding hydrogens is 478 g/mol. The lowest BCUT2D eigenvalue weighted by molar-refractivity contribution is 0.277. The molecule has 0 aliphatic carbocycles. The van der Waals surface area contributed by atoms with Crippen LogP contribution in [0.3, 0.4) is 0 Å². The number of aliphatic hydroxyl groups excluding tert-OH is 1. The summed E-state index contributed by atoms with van der Waals surface area (Å²) in [5, 5.41) is 12.4. The van der Waals surface area contributed by atoms with Crippen LogP contribution >= 0.6 is 0 Å². The highest BCUT2D eigenvalue weighted by Crippen LogP contribution is 2.33. The molecule has 2 heterocycles. The van der Waals surface area contributed by atoms with Crippen molar-refractivity contribution in [2.24, 2.45) is 0 Å². The third kappa shape index (κ3) is 5.12. The molecule has 0 amide bonds. The summed E-state index contributed by atoms with van der Waals surface area (Å²) in [5.74, 6) is -2.13. The molecule has 0 saturated carbocycles. The SMILES string of the molecule is CCCS(=O)(=O)Nc1ccc(F)c(Nc2ncnc3ccc(-c4cnc(CO)c(N)c4)cc23)c1F. The van der Waals surface area contributed by atoms with Crippen LogP contribution in [-0.2, 0) is 16.6 Å². The first kappa shape index (κ1) is 24.2. The lowest BCUT2D eigenvalue weighted by Gasteiger charge is -2.14. The van der Waals surface area contributed by atoms with Crippen molar-refractivity contribution in [1.29, 1.82) is 0 Å². The quantitative estimate of drug-likeness (QED) is 0.285. The van der Waals surface area contributed by atoms with Crippen LogP contribution in [0.25, 0.3) is 22.0 Å². The maximum Gasteiger partial charge on any atom is 0.232 e. The van der Waals surface area contributed by atoms with Gasteiger partial charge in [0.15, 0.2) is 5.82 Å². The molecular formula is C23H22F2N6O3S. The average molecular weight is 501 g/mol. The van der Waals surface area contributed by atoms with Crippen molar-refractivity contribution in [3.63, 3.8) is 0 Å². The minimum Gasteiger partial charge on any atom is -0.397 e. The number of benzene rings is 2. The number of nitrogens with two attached hydrogens (primary N) is 1. The third-order valence-electron chi connectivity index (χ3n) is 5.19. The minimum atomic E-state index is -3.79. The molecule has 2 aromatic carbocycles. The number of fused-ring (bicyclic) bond motifs is 1. The molecule has 4 aromatic rings. The van der Waals surface area contributed by atoms with Crippen LogP contribution in [0.2, 0.25) is 0 Å². The standard InChI is InChI=1S/C23H22F2N6O3S/c1-2-7-35(33,34)31-19-6-4-16(24)22(21(19)25)30-23-15-8-13(3-5-18(15)28-12-29-23)14-9-17(26)20(11-32)27-10-14/h3-6,8-10,12,31-32H,2,7,11,26H2,1H3,(H,28,29,30). The largest absolute Gasteiger partial charge is 0.397 e. The molecule has 5 N–H and O–H groups in total. The summed E-state index contributed by atoms with van der Waals surface area (Å²) >= 11 is 0. The molecule has 4 rings (SSSR count). The Hall–Kier alpha value is -3.90. The molecule has 182 valence electrons. The number of nitrogens with zero attached hydrogens (tertiary/aromatic N) is 3. The van der Waals surface area contributed by atoms with Crippen molar-refractivity contribution in [2.45, 2.75) is 20.0 Å². The molecule has 0 fully saturated rings. The first-order chi connectivity index (χ1) is 16.7. The number of nitrogens with one attached hydrogen (secondary N) is 2. The first-order valence-electron chi connectivity index (χ1n) is 10.6. The monoisotopic (exact) mass is 500 g/mol. The Morgan fingerprint density at radius 2 is 1.86 bits per heavy atom. The zero-order valence-corrected chi connectivity index (χ0v) is 19.4. The van der Waals surface area contributed by atoms with Gasteiger partial charge in [0.1, 0.15) is 23.6 Å². The molecule has 0 spiro atoms. The predicted octanol–water partition coefficient (Wildman–Crippen LogP) is 3.94. The van der Waals surface area contributed by atoms with E-state index in [9.17, 15) is 17.9 Å². The number of rotatable bonds is 8. The van der Waals surface area contributed by atoms with Gasteiger partial charge in [-0.25, -0.2) is 27.2 Å². The van der Waals surface area contributed by atoms with Gasteiger partial charge in [0.05, 0.1) is 34.9 Å². The Morgan fingerprint density at radius 1 is 1.06 bits per heavy atom. The zero-order chi connectivity index (χ0) is 25.2. The summed E-state index contributed by atoms with van der Waals surface area (Å²) in [4.78, 5) is 12.5. The Balaban J connectivity index is 1.75. The van der Waals surface area contributed by atoms with E-state index in [-0.39, 0.29) is 23.9 Å². The lowest BCUT2D eigenvalue weighted by Crippen LogP contribution is -2.17. The highest BCUT2D eigenvalue weighted by atomic mass is 32.2. The summed E-state index contributed by atoms with van der Waals surface area (Å²) < 4.78 is 56.0. The summed E-state index contributed by atoms with van der Waals surface area (Å²) in [6.07, 6.45) is 3.12. The summed E-state index contributed by atoms with van der Waals surface area (Å²) in [7, 11) is -3.79. The number of aromatic nitrogens is 3. The maximum atomic E-state index is 15.1.